The lowest BCUT2D eigenvalue weighted by Gasteiger charge is -2.19. The zero-order valence-electron chi connectivity index (χ0n) is 13.6. The number of carboxylic acid groups (broad SMARTS) is 1. The van der Waals surface area contributed by atoms with Gasteiger partial charge in [-0.1, -0.05) is 25.5 Å². The highest BCUT2D eigenvalue weighted by molar-refractivity contribution is 5.89. The van der Waals surface area contributed by atoms with Crippen molar-refractivity contribution in [1.82, 2.24) is 16.0 Å². The van der Waals surface area contributed by atoms with Crippen molar-refractivity contribution < 1.29 is 23.9 Å². The van der Waals surface area contributed by atoms with Gasteiger partial charge in [0.25, 0.3) is 0 Å². The number of carbonyl (C=O) groups is 3. The van der Waals surface area contributed by atoms with Gasteiger partial charge in [0.2, 0.25) is 5.91 Å². The Balaban J connectivity index is 2.53. The molecule has 1 aromatic rings. The molecule has 24 heavy (non-hydrogen) atoms. The molecule has 0 fully saturated rings. The monoisotopic (exact) mass is 339 g/mol. The largest absolute Gasteiger partial charge is 0.480 e. The molecule has 1 aromatic carbocycles. The molecule has 0 aliphatic carbocycles. The van der Waals surface area contributed by atoms with Crippen LogP contribution in [0.25, 0.3) is 0 Å². The molecule has 3 amide bonds. The molecule has 4 N–H and O–H groups in total. The van der Waals surface area contributed by atoms with E-state index in [1.165, 1.54) is 19.1 Å². The van der Waals surface area contributed by atoms with E-state index in [0.717, 1.165) is 0 Å². The van der Waals surface area contributed by atoms with Gasteiger partial charge in [0.05, 0.1) is 0 Å². The number of carboxylic acids is 1. The van der Waals surface area contributed by atoms with E-state index in [1.807, 2.05) is 6.92 Å². The number of aliphatic carboxylic acids is 1. The van der Waals surface area contributed by atoms with E-state index in [0.29, 0.717) is 18.4 Å². The maximum atomic E-state index is 12.8. The van der Waals surface area contributed by atoms with Crippen LogP contribution in [-0.2, 0) is 16.1 Å². The summed E-state index contributed by atoms with van der Waals surface area (Å²) in [5.41, 5.74) is 0.711. The summed E-state index contributed by atoms with van der Waals surface area (Å²) >= 11 is 0. The Kier molecular flexibility index (Phi) is 7.67. The van der Waals surface area contributed by atoms with Crippen molar-refractivity contribution in [2.75, 3.05) is 0 Å². The van der Waals surface area contributed by atoms with Gasteiger partial charge in [-0.25, -0.2) is 9.18 Å². The molecule has 132 valence electrons. The molecule has 0 aliphatic rings. The number of carbonyl (C=O) groups excluding carboxylic acids is 2. The second-order valence-electron chi connectivity index (χ2n) is 5.36. The minimum Gasteiger partial charge on any atom is -0.480 e. The average Bonchev–Trinajstić information content (AvgIpc) is 2.53. The summed E-state index contributed by atoms with van der Waals surface area (Å²) in [5, 5.41) is 16.2. The van der Waals surface area contributed by atoms with Crippen molar-refractivity contribution >= 4 is 17.9 Å². The van der Waals surface area contributed by atoms with E-state index < -0.39 is 30.0 Å². The number of benzene rings is 1. The number of nitrogens with one attached hydrogen (secondary N) is 3. The third kappa shape index (κ3) is 6.64. The second-order valence-corrected chi connectivity index (χ2v) is 5.36. The summed E-state index contributed by atoms with van der Waals surface area (Å²) in [7, 11) is 0. The Bertz CT molecular complexity index is 577. The minimum absolute atomic E-state index is 0.179. The van der Waals surface area contributed by atoms with Crippen LogP contribution in [0.5, 0.6) is 0 Å². The van der Waals surface area contributed by atoms with Crippen LogP contribution in [0.3, 0.4) is 0 Å². The molecule has 0 bridgehead atoms. The third-order valence-electron chi connectivity index (χ3n) is 3.29. The van der Waals surface area contributed by atoms with Crippen molar-refractivity contribution in [3.8, 4) is 0 Å². The van der Waals surface area contributed by atoms with Crippen LogP contribution in [-0.4, -0.2) is 35.1 Å². The molecule has 1 unspecified atom stereocenters. The van der Waals surface area contributed by atoms with E-state index in [-0.39, 0.29) is 12.4 Å². The standard InChI is InChI=1S/C16H22FN3O4/c1-3-4-13(14(21)19-10(2)15(22)23)20-16(24)18-9-11-5-7-12(17)8-6-11/h5-8,10,13H,3-4,9H2,1-2H3,(H,19,21)(H,22,23)(H2,18,20,24)/t10-,13?/m1/s1. The predicted octanol–water partition coefficient (Wildman–Crippen LogP) is 1.38. The van der Waals surface area contributed by atoms with Crippen LogP contribution in [0.2, 0.25) is 0 Å². The van der Waals surface area contributed by atoms with Gasteiger partial charge >= 0.3 is 12.0 Å². The van der Waals surface area contributed by atoms with Crippen LogP contribution >= 0.6 is 0 Å². The summed E-state index contributed by atoms with van der Waals surface area (Å²) in [4.78, 5) is 34.7. The molecule has 8 heteroatoms. The van der Waals surface area contributed by atoms with Crippen molar-refractivity contribution in [2.24, 2.45) is 0 Å². The fourth-order valence-corrected chi connectivity index (χ4v) is 1.93. The van der Waals surface area contributed by atoms with Crippen molar-refractivity contribution in [3.63, 3.8) is 0 Å². The summed E-state index contributed by atoms with van der Waals surface area (Å²) in [6.45, 7) is 3.37. The van der Waals surface area contributed by atoms with Crippen LogP contribution in [0.1, 0.15) is 32.3 Å². The quantitative estimate of drug-likeness (QED) is 0.574. The molecule has 0 saturated carbocycles. The Morgan fingerprint density at radius 3 is 2.33 bits per heavy atom. The van der Waals surface area contributed by atoms with Crippen molar-refractivity contribution in [2.45, 2.75) is 45.3 Å². The van der Waals surface area contributed by atoms with E-state index in [9.17, 15) is 18.8 Å². The molecule has 0 radical (unpaired) electrons. The predicted molar refractivity (Wildman–Crippen MR) is 85.7 cm³/mol. The topological polar surface area (TPSA) is 108 Å². The molecule has 7 nitrogen and oxygen atoms in total. The van der Waals surface area contributed by atoms with E-state index >= 15 is 0 Å². The SMILES string of the molecule is CCCC(NC(=O)NCc1ccc(F)cc1)C(=O)N[C@H](C)C(=O)O. The number of amides is 3. The molecular weight excluding hydrogens is 317 g/mol. The van der Waals surface area contributed by atoms with Gasteiger partial charge in [-0.3, -0.25) is 9.59 Å². The lowest BCUT2D eigenvalue weighted by Crippen LogP contribution is -2.52. The van der Waals surface area contributed by atoms with Gasteiger partial charge in [-0.2, -0.15) is 0 Å². The third-order valence-corrected chi connectivity index (χ3v) is 3.29. The first-order valence-electron chi connectivity index (χ1n) is 7.65. The van der Waals surface area contributed by atoms with E-state index in [1.54, 1.807) is 12.1 Å². The fraction of sp³-hybridized carbons (Fsp3) is 0.438. The van der Waals surface area contributed by atoms with Crippen LogP contribution in [0.15, 0.2) is 24.3 Å². The van der Waals surface area contributed by atoms with Gasteiger partial charge in [-0.05, 0) is 31.0 Å². The number of halogens is 1. The molecule has 1 rings (SSSR count). The first-order chi connectivity index (χ1) is 11.3. The number of urea groups is 1. The number of hydrogen-bond donors (Lipinski definition) is 4. The molecule has 2 atom stereocenters. The van der Waals surface area contributed by atoms with Crippen LogP contribution in [0.4, 0.5) is 9.18 Å². The number of rotatable bonds is 8. The summed E-state index contributed by atoms with van der Waals surface area (Å²) in [6, 6.07) is 3.23. The number of hydrogen-bond acceptors (Lipinski definition) is 3. The molecule has 0 aromatic heterocycles. The summed E-state index contributed by atoms with van der Waals surface area (Å²) < 4.78 is 12.8. The van der Waals surface area contributed by atoms with Gasteiger partial charge < -0.3 is 21.1 Å². The smallest absolute Gasteiger partial charge is 0.325 e. The van der Waals surface area contributed by atoms with Crippen molar-refractivity contribution in [3.05, 3.63) is 35.6 Å². The van der Waals surface area contributed by atoms with E-state index in [4.69, 9.17) is 5.11 Å². The highest BCUT2D eigenvalue weighted by Gasteiger charge is 2.23. The molecule has 0 saturated heterocycles. The lowest BCUT2D eigenvalue weighted by molar-refractivity contribution is -0.141. The highest BCUT2D eigenvalue weighted by Crippen LogP contribution is 2.02. The zero-order chi connectivity index (χ0) is 18.1. The van der Waals surface area contributed by atoms with Gasteiger partial charge in [0.1, 0.15) is 17.9 Å². The normalized spacial score (nSPS) is 12.8. The van der Waals surface area contributed by atoms with Gasteiger partial charge in [-0.15, -0.1) is 0 Å². The molecule has 0 heterocycles. The van der Waals surface area contributed by atoms with E-state index in [2.05, 4.69) is 16.0 Å². The first-order valence-corrected chi connectivity index (χ1v) is 7.65. The first kappa shape index (κ1) is 19.4. The molecule has 0 spiro atoms. The Morgan fingerprint density at radius 1 is 1.17 bits per heavy atom. The Labute approximate surface area is 139 Å². The highest BCUT2D eigenvalue weighted by atomic mass is 19.1. The Morgan fingerprint density at radius 2 is 1.79 bits per heavy atom. The van der Waals surface area contributed by atoms with Gasteiger partial charge in [0, 0.05) is 6.54 Å². The molecular formula is C16H22FN3O4. The van der Waals surface area contributed by atoms with Gasteiger partial charge in [0.15, 0.2) is 0 Å². The maximum Gasteiger partial charge on any atom is 0.325 e. The second kappa shape index (κ2) is 9.49. The van der Waals surface area contributed by atoms with Crippen molar-refractivity contribution in [1.29, 1.82) is 0 Å². The molecule has 0 aliphatic heterocycles. The zero-order valence-corrected chi connectivity index (χ0v) is 13.6. The maximum absolute atomic E-state index is 12.8. The minimum atomic E-state index is -1.15. The fourth-order valence-electron chi connectivity index (χ4n) is 1.93. The lowest BCUT2D eigenvalue weighted by atomic mass is 10.1. The summed E-state index contributed by atoms with van der Waals surface area (Å²) in [5.74, 6) is -2.07. The van der Waals surface area contributed by atoms with Crippen LogP contribution in [0, 0.1) is 5.82 Å². The van der Waals surface area contributed by atoms with Crippen LogP contribution < -0.4 is 16.0 Å². The average molecular weight is 339 g/mol. The Hall–Kier alpha value is -2.64. The summed E-state index contributed by atoms with van der Waals surface area (Å²) in [6.07, 6.45) is 1.01.